The van der Waals surface area contributed by atoms with Crippen LogP contribution in [-0.4, -0.2) is 16.3 Å². The Bertz CT molecular complexity index is 835. The molecule has 2 aromatic carbocycles. The van der Waals surface area contributed by atoms with Crippen LogP contribution in [0.3, 0.4) is 0 Å². The molecular formula is C18H16ClNO3S. The number of benzene rings is 2. The summed E-state index contributed by atoms with van der Waals surface area (Å²) in [6.45, 7) is 1.87. The number of thiol groups is 1. The molecule has 4 nitrogen and oxygen atoms in total. The van der Waals surface area contributed by atoms with Crippen LogP contribution >= 0.6 is 22.5 Å². The van der Waals surface area contributed by atoms with Crippen LogP contribution in [-0.2, 0) is 4.79 Å². The fraction of sp³-hybridized carbons (Fsp3) is 0.111. The van der Waals surface area contributed by atoms with E-state index < -0.39 is 16.9 Å². The minimum Gasteiger partial charge on any atom is -0.477 e. The Morgan fingerprint density at radius 2 is 1.71 bits per heavy atom. The standard InChI is InChI=1S/C18H16ClNO3S/c1-11(12-7-3-2-4-8-12)20-18(23)24-14-10-6-5-9-13(14)15(19)16(24)17(21)22/h2-11,24H,1H3,(H,20,23)(H,21,22). The van der Waals surface area contributed by atoms with E-state index in [0.29, 0.717) is 10.5 Å². The lowest BCUT2D eigenvalue weighted by molar-refractivity contribution is -0.131. The molecule has 0 saturated carbocycles. The molecule has 2 atom stereocenters. The maximum absolute atomic E-state index is 12.8. The molecule has 24 heavy (non-hydrogen) atoms. The molecule has 2 aromatic rings. The Kier molecular flexibility index (Phi) is 4.64. The second-order valence-electron chi connectivity index (χ2n) is 5.40. The first-order valence-corrected chi connectivity index (χ1v) is 9.10. The predicted molar refractivity (Wildman–Crippen MR) is 97.5 cm³/mol. The quantitative estimate of drug-likeness (QED) is 0.704. The van der Waals surface area contributed by atoms with E-state index in [-0.39, 0.29) is 21.2 Å². The summed E-state index contributed by atoms with van der Waals surface area (Å²) in [5.74, 6) is -1.15. The van der Waals surface area contributed by atoms with E-state index in [1.54, 1.807) is 24.3 Å². The summed E-state index contributed by atoms with van der Waals surface area (Å²) in [5, 5.41) is 12.3. The van der Waals surface area contributed by atoms with Gasteiger partial charge >= 0.3 is 5.97 Å². The predicted octanol–water partition coefficient (Wildman–Crippen LogP) is 4.52. The third kappa shape index (κ3) is 2.92. The molecule has 0 spiro atoms. The molecule has 2 N–H and O–H groups in total. The van der Waals surface area contributed by atoms with Gasteiger partial charge in [0.05, 0.1) is 11.1 Å². The number of rotatable bonds is 3. The number of hydrogen-bond acceptors (Lipinski definition) is 2. The highest BCUT2D eigenvalue weighted by Crippen LogP contribution is 2.57. The van der Waals surface area contributed by atoms with Gasteiger partial charge in [-0.2, -0.15) is 0 Å². The monoisotopic (exact) mass is 361 g/mol. The summed E-state index contributed by atoms with van der Waals surface area (Å²) < 4.78 is 0. The first-order valence-electron chi connectivity index (χ1n) is 7.38. The Balaban J connectivity index is 1.92. The van der Waals surface area contributed by atoms with Crippen molar-refractivity contribution in [2.45, 2.75) is 17.9 Å². The number of carboxylic acids is 1. The van der Waals surface area contributed by atoms with E-state index in [2.05, 4.69) is 5.32 Å². The van der Waals surface area contributed by atoms with E-state index in [1.165, 1.54) is 0 Å². The molecule has 1 heterocycles. The van der Waals surface area contributed by atoms with Gasteiger partial charge in [0.15, 0.2) is 0 Å². The first-order chi connectivity index (χ1) is 11.5. The highest BCUT2D eigenvalue weighted by atomic mass is 35.5. The molecule has 0 saturated heterocycles. The second kappa shape index (κ2) is 6.71. The number of fused-ring (bicyclic) bond motifs is 1. The van der Waals surface area contributed by atoms with Crippen molar-refractivity contribution in [2.24, 2.45) is 0 Å². The number of carbonyl (C=O) groups is 2. The van der Waals surface area contributed by atoms with Gasteiger partial charge < -0.3 is 10.4 Å². The molecule has 6 heteroatoms. The summed E-state index contributed by atoms with van der Waals surface area (Å²) in [5.41, 5.74) is 1.59. The topological polar surface area (TPSA) is 66.4 Å². The van der Waals surface area contributed by atoms with Crippen LogP contribution in [0.4, 0.5) is 4.79 Å². The minimum absolute atomic E-state index is 0.00868. The van der Waals surface area contributed by atoms with Gasteiger partial charge in [-0.25, -0.2) is 4.79 Å². The van der Waals surface area contributed by atoms with Crippen molar-refractivity contribution >= 4 is 38.7 Å². The fourth-order valence-electron chi connectivity index (χ4n) is 2.68. The number of halogens is 1. The fourth-order valence-corrected chi connectivity index (χ4v) is 5.40. The molecule has 0 radical (unpaired) electrons. The summed E-state index contributed by atoms with van der Waals surface area (Å²) in [6, 6.07) is 16.4. The summed E-state index contributed by atoms with van der Waals surface area (Å²) in [4.78, 5) is 25.1. The third-order valence-corrected chi connectivity index (χ3v) is 6.65. The zero-order valence-electron chi connectivity index (χ0n) is 12.9. The van der Waals surface area contributed by atoms with Crippen LogP contribution in [0.1, 0.15) is 24.1 Å². The highest BCUT2D eigenvalue weighted by molar-refractivity contribution is 8.33. The molecule has 1 aliphatic heterocycles. The zero-order valence-corrected chi connectivity index (χ0v) is 14.5. The maximum atomic E-state index is 12.8. The zero-order chi connectivity index (χ0) is 17.3. The van der Waals surface area contributed by atoms with Gasteiger partial charge in [-0.3, -0.25) is 4.79 Å². The van der Waals surface area contributed by atoms with Gasteiger partial charge in [0.2, 0.25) is 0 Å². The normalized spacial score (nSPS) is 18.8. The molecule has 2 unspecified atom stereocenters. The van der Waals surface area contributed by atoms with Crippen molar-refractivity contribution in [3.8, 4) is 0 Å². The Labute approximate surface area is 147 Å². The van der Waals surface area contributed by atoms with Crippen LogP contribution < -0.4 is 5.32 Å². The van der Waals surface area contributed by atoms with Crippen molar-refractivity contribution in [1.82, 2.24) is 5.32 Å². The van der Waals surface area contributed by atoms with Crippen molar-refractivity contribution in [3.63, 3.8) is 0 Å². The van der Waals surface area contributed by atoms with Crippen molar-refractivity contribution in [2.75, 3.05) is 0 Å². The summed E-state index contributed by atoms with van der Waals surface area (Å²) >= 11 is 6.23. The molecule has 0 aliphatic carbocycles. The highest BCUT2D eigenvalue weighted by Gasteiger charge is 2.36. The van der Waals surface area contributed by atoms with Crippen LogP contribution in [0, 0.1) is 0 Å². The van der Waals surface area contributed by atoms with Gasteiger partial charge in [-0.1, -0.05) is 60.1 Å². The van der Waals surface area contributed by atoms with Gasteiger partial charge in [0.1, 0.15) is 4.91 Å². The third-order valence-electron chi connectivity index (χ3n) is 3.86. The van der Waals surface area contributed by atoms with Crippen LogP contribution in [0.5, 0.6) is 0 Å². The van der Waals surface area contributed by atoms with Gasteiger partial charge in [-0.15, -0.1) is 10.9 Å². The lowest BCUT2D eigenvalue weighted by atomic mass is 10.1. The van der Waals surface area contributed by atoms with Crippen molar-refractivity contribution in [1.29, 1.82) is 0 Å². The minimum atomic E-state index is -1.69. The molecule has 0 fully saturated rings. The first kappa shape index (κ1) is 16.6. The van der Waals surface area contributed by atoms with Gasteiger partial charge in [0.25, 0.3) is 5.24 Å². The lowest BCUT2D eigenvalue weighted by Crippen LogP contribution is -2.26. The van der Waals surface area contributed by atoms with Crippen LogP contribution in [0.15, 0.2) is 64.4 Å². The summed E-state index contributed by atoms with van der Waals surface area (Å²) in [6.07, 6.45) is 0. The van der Waals surface area contributed by atoms with Crippen molar-refractivity contribution < 1.29 is 14.7 Å². The molecule has 0 bridgehead atoms. The van der Waals surface area contributed by atoms with E-state index in [9.17, 15) is 14.7 Å². The molecule has 0 aromatic heterocycles. The Morgan fingerprint density at radius 3 is 2.38 bits per heavy atom. The Hall–Kier alpha value is -2.24. The molecule has 124 valence electrons. The van der Waals surface area contributed by atoms with Crippen LogP contribution in [0.25, 0.3) is 5.03 Å². The average Bonchev–Trinajstić information content (AvgIpc) is 2.89. The summed E-state index contributed by atoms with van der Waals surface area (Å²) in [7, 11) is -1.69. The lowest BCUT2D eigenvalue weighted by Gasteiger charge is -2.21. The smallest absolute Gasteiger partial charge is 0.342 e. The van der Waals surface area contributed by atoms with Gasteiger partial charge in [0, 0.05) is 10.5 Å². The SMILES string of the molecule is CC(NC(=O)[SH]1C(C(=O)O)=C(Cl)c2ccccc21)c1ccccc1. The number of nitrogens with one attached hydrogen (secondary N) is 1. The van der Waals surface area contributed by atoms with E-state index >= 15 is 0 Å². The maximum Gasteiger partial charge on any atom is 0.342 e. The number of carboxylic acid groups (broad SMARTS) is 1. The molecule has 3 rings (SSSR count). The van der Waals surface area contributed by atoms with Crippen molar-refractivity contribution in [3.05, 3.63) is 70.6 Å². The van der Waals surface area contributed by atoms with E-state index in [4.69, 9.17) is 11.6 Å². The number of amides is 1. The van der Waals surface area contributed by atoms with Gasteiger partial charge in [-0.05, 0) is 18.6 Å². The second-order valence-corrected chi connectivity index (χ2v) is 7.79. The van der Waals surface area contributed by atoms with Crippen LogP contribution in [0.2, 0.25) is 0 Å². The molecular weight excluding hydrogens is 346 g/mol. The number of hydrogen-bond donors (Lipinski definition) is 3. The molecule has 1 amide bonds. The van der Waals surface area contributed by atoms with E-state index in [1.807, 2.05) is 37.3 Å². The number of carbonyl (C=O) groups excluding carboxylic acids is 1. The largest absolute Gasteiger partial charge is 0.477 e. The Morgan fingerprint density at radius 1 is 1.08 bits per heavy atom. The number of aliphatic carboxylic acids is 1. The van der Waals surface area contributed by atoms with E-state index in [0.717, 1.165) is 5.56 Å². The molecule has 1 aliphatic rings. The average molecular weight is 362 g/mol.